The number of methoxy groups -OCH3 is 1. The van der Waals surface area contributed by atoms with Crippen molar-refractivity contribution in [2.45, 2.75) is 26.2 Å². The van der Waals surface area contributed by atoms with E-state index in [1.54, 1.807) is 13.3 Å². The number of ether oxygens (including phenoxy) is 2. The number of pyridine rings is 1. The van der Waals surface area contributed by atoms with E-state index in [4.69, 9.17) is 15.2 Å². The predicted molar refractivity (Wildman–Crippen MR) is 58.3 cm³/mol. The number of hydrogen-bond acceptors (Lipinski definition) is 4. The highest BCUT2D eigenvalue weighted by atomic mass is 16.5. The van der Waals surface area contributed by atoms with Gasteiger partial charge in [-0.15, -0.1) is 0 Å². The first kappa shape index (κ1) is 12.1. The molecular weight excluding hydrogens is 192 g/mol. The normalized spacial score (nSPS) is 12.7. The van der Waals surface area contributed by atoms with Gasteiger partial charge in [0, 0.05) is 19.9 Å². The van der Waals surface area contributed by atoms with Crippen molar-refractivity contribution in [3.05, 3.63) is 29.6 Å². The molecular formula is C11H18N2O2. The first-order chi connectivity index (χ1) is 7.26. The maximum Gasteiger partial charge on any atom is 0.0784 e. The third-order valence-corrected chi connectivity index (χ3v) is 2.03. The van der Waals surface area contributed by atoms with E-state index in [9.17, 15) is 0 Å². The summed E-state index contributed by atoms with van der Waals surface area (Å²) in [6.45, 7) is 3.62. The van der Waals surface area contributed by atoms with Gasteiger partial charge >= 0.3 is 0 Å². The van der Waals surface area contributed by atoms with Crippen molar-refractivity contribution in [3.63, 3.8) is 0 Å². The zero-order valence-electron chi connectivity index (χ0n) is 9.27. The Morgan fingerprint density at radius 2 is 2.33 bits per heavy atom. The molecule has 0 fully saturated rings. The van der Waals surface area contributed by atoms with Crippen LogP contribution in [0.15, 0.2) is 18.3 Å². The summed E-state index contributed by atoms with van der Waals surface area (Å²) in [4.78, 5) is 4.12. The van der Waals surface area contributed by atoms with E-state index < -0.39 is 0 Å². The minimum atomic E-state index is 0.101. The summed E-state index contributed by atoms with van der Waals surface area (Å²) >= 11 is 0. The molecule has 1 unspecified atom stereocenters. The van der Waals surface area contributed by atoms with Gasteiger partial charge in [-0.25, -0.2) is 0 Å². The summed E-state index contributed by atoms with van der Waals surface area (Å²) in [6.07, 6.45) is 1.85. The van der Waals surface area contributed by atoms with Crippen molar-refractivity contribution >= 4 is 0 Å². The first-order valence-electron chi connectivity index (χ1n) is 5.00. The number of rotatable bonds is 6. The van der Waals surface area contributed by atoms with Crippen LogP contribution in [0.4, 0.5) is 0 Å². The highest BCUT2D eigenvalue weighted by Gasteiger charge is 2.02. The molecule has 15 heavy (non-hydrogen) atoms. The summed E-state index contributed by atoms with van der Waals surface area (Å²) < 4.78 is 10.6. The number of nitrogens with two attached hydrogens (primary N) is 1. The Balaban J connectivity index is 2.43. The molecule has 0 spiro atoms. The van der Waals surface area contributed by atoms with Crippen LogP contribution in [0.25, 0.3) is 0 Å². The summed E-state index contributed by atoms with van der Waals surface area (Å²) in [7, 11) is 1.67. The lowest BCUT2D eigenvalue weighted by Crippen LogP contribution is -2.14. The van der Waals surface area contributed by atoms with E-state index in [1.807, 2.05) is 19.1 Å². The van der Waals surface area contributed by atoms with E-state index in [0.717, 1.165) is 11.3 Å². The standard InChI is InChI=1S/C11H18N2O2/c1-9(7-14-2)15-8-10-3-4-13-11(5-10)6-12/h3-5,9H,6-8,12H2,1-2H3. The predicted octanol–water partition coefficient (Wildman–Crippen LogP) is 1.09. The minimum absolute atomic E-state index is 0.101. The van der Waals surface area contributed by atoms with Crippen LogP contribution >= 0.6 is 0 Å². The first-order valence-corrected chi connectivity index (χ1v) is 5.00. The molecule has 0 bridgehead atoms. The smallest absolute Gasteiger partial charge is 0.0784 e. The van der Waals surface area contributed by atoms with E-state index in [1.165, 1.54) is 0 Å². The summed E-state index contributed by atoms with van der Waals surface area (Å²) in [5.74, 6) is 0. The maximum absolute atomic E-state index is 5.57. The van der Waals surface area contributed by atoms with Crippen LogP contribution in [-0.4, -0.2) is 24.8 Å². The monoisotopic (exact) mass is 210 g/mol. The lowest BCUT2D eigenvalue weighted by Gasteiger charge is -2.12. The molecule has 1 rings (SSSR count). The number of aromatic nitrogens is 1. The fourth-order valence-electron chi connectivity index (χ4n) is 1.25. The second kappa shape index (κ2) is 6.50. The van der Waals surface area contributed by atoms with E-state index in [2.05, 4.69) is 4.98 Å². The molecule has 0 amide bonds. The molecule has 4 nitrogen and oxygen atoms in total. The van der Waals surface area contributed by atoms with Crippen molar-refractivity contribution < 1.29 is 9.47 Å². The molecule has 1 aromatic rings. The van der Waals surface area contributed by atoms with Crippen molar-refractivity contribution in [1.29, 1.82) is 0 Å². The molecule has 0 saturated carbocycles. The Labute approximate surface area is 90.4 Å². The molecule has 0 aromatic carbocycles. The van der Waals surface area contributed by atoms with Gasteiger partial charge in [-0.3, -0.25) is 4.98 Å². The summed E-state index contributed by atoms with van der Waals surface area (Å²) in [6, 6.07) is 3.89. The maximum atomic E-state index is 5.57. The third-order valence-electron chi connectivity index (χ3n) is 2.03. The van der Waals surface area contributed by atoms with Crippen molar-refractivity contribution in [2.24, 2.45) is 5.73 Å². The van der Waals surface area contributed by atoms with Crippen molar-refractivity contribution in [3.8, 4) is 0 Å². The highest BCUT2D eigenvalue weighted by molar-refractivity contribution is 5.15. The van der Waals surface area contributed by atoms with Crippen molar-refractivity contribution in [2.75, 3.05) is 13.7 Å². The van der Waals surface area contributed by atoms with E-state index in [-0.39, 0.29) is 6.10 Å². The van der Waals surface area contributed by atoms with Crippen LogP contribution in [-0.2, 0) is 22.6 Å². The molecule has 84 valence electrons. The van der Waals surface area contributed by atoms with Crippen LogP contribution in [0.2, 0.25) is 0 Å². The van der Waals surface area contributed by atoms with Gasteiger partial charge in [0.25, 0.3) is 0 Å². The molecule has 0 saturated heterocycles. The molecule has 0 aliphatic carbocycles. The second-order valence-corrected chi connectivity index (χ2v) is 3.44. The summed E-state index contributed by atoms with van der Waals surface area (Å²) in [5, 5.41) is 0. The van der Waals surface area contributed by atoms with E-state index in [0.29, 0.717) is 19.8 Å². The zero-order valence-corrected chi connectivity index (χ0v) is 9.27. The zero-order chi connectivity index (χ0) is 11.1. The fraction of sp³-hybridized carbons (Fsp3) is 0.545. The second-order valence-electron chi connectivity index (χ2n) is 3.44. The van der Waals surface area contributed by atoms with Crippen LogP contribution in [0.1, 0.15) is 18.2 Å². The quantitative estimate of drug-likeness (QED) is 0.763. The highest BCUT2D eigenvalue weighted by Crippen LogP contribution is 2.05. The molecule has 4 heteroatoms. The molecule has 1 aromatic heterocycles. The number of hydrogen-bond donors (Lipinski definition) is 1. The van der Waals surface area contributed by atoms with Crippen LogP contribution in [0.3, 0.4) is 0 Å². The lowest BCUT2D eigenvalue weighted by atomic mass is 10.2. The van der Waals surface area contributed by atoms with Crippen molar-refractivity contribution in [1.82, 2.24) is 4.98 Å². The van der Waals surface area contributed by atoms with Gasteiger partial charge < -0.3 is 15.2 Å². The summed E-state index contributed by atoms with van der Waals surface area (Å²) in [5.41, 5.74) is 7.47. The van der Waals surface area contributed by atoms with Gasteiger partial charge in [-0.1, -0.05) is 0 Å². The van der Waals surface area contributed by atoms with Gasteiger partial charge in [0.05, 0.1) is 25.0 Å². The fourth-order valence-corrected chi connectivity index (χ4v) is 1.25. The van der Waals surface area contributed by atoms with Gasteiger partial charge in [0.1, 0.15) is 0 Å². The third kappa shape index (κ3) is 4.38. The molecule has 2 N–H and O–H groups in total. The molecule has 0 aliphatic rings. The largest absolute Gasteiger partial charge is 0.382 e. The van der Waals surface area contributed by atoms with E-state index >= 15 is 0 Å². The Hall–Kier alpha value is -0.970. The molecule has 0 radical (unpaired) electrons. The van der Waals surface area contributed by atoms with Crippen LogP contribution in [0.5, 0.6) is 0 Å². The SMILES string of the molecule is COCC(C)OCc1ccnc(CN)c1. The average Bonchev–Trinajstić information content (AvgIpc) is 2.27. The lowest BCUT2D eigenvalue weighted by molar-refractivity contribution is -0.000169. The van der Waals surface area contributed by atoms with Gasteiger partial charge in [-0.05, 0) is 24.6 Å². The molecule has 1 heterocycles. The minimum Gasteiger partial charge on any atom is -0.382 e. The van der Waals surface area contributed by atoms with Crippen LogP contribution in [0, 0.1) is 0 Å². The molecule has 0 aliphatic heterocycles. The topological polar surface area (TPSA) is 57.4 Å². The Morgan fingerprint density at radius 3 is 3.00 bits per heavy atom. The van der Waals surface area contributed by atoms with Gasteiger partial charge in [-0.2, -0.15) is 0 Å². The Kier molecular flexibility index (Phi) is 5.25. The number of nitrogens with zero attached hydrogens (tertiary/aromatic N) is 1. The molecule has 1 atom stereocenters. The Bertz CT molecular complexity index is 292. The Morgan fingerprint density at radius 1 is 1.53 bits per heavy atom. The van der Waals surface area contributed by atoms with Gasteiger partial charge in [0.15, 0.2) is 0 Å². The van der Waals surface area contributed by atoms with Crippen LogP contribution < -0.4 is 5.73 Å². The average molecular weight is 210 g/mol. The van der Waals surface area contributed by atoms with Gasteiger partial charge in [0.2, 0.25) is 0 Å².